The van der Waals surface area contributed by atoms with Crippen LogP contribution in [0.5, 0.6) is 0 Å². The fourth-order valence-electron chi connectivity index (χ4n) is 5.91. The second-order valence-electron chi connectivity index (χ2n) is 9.54. The molecule has 0 radical (unpaired) electrons. The molecule has 1 saturated heterocycles. The van der Waals surface area contributed by atoms with Gasteiger partial charge in [0.15, 0.2) is 0 Å². The molecule has 0 aliphatic carbocycles. The number of hydrogen-bond donors (Lipinski definition) is 0. The van der Waals surface area contributed by atoms with E-state index < -0.39 is 10.8 Å². The van der Waals surface area contributed by atoms with Crippen LogP contribution in [-0.2, 0) is 11.2 Å². The molecule has 8 heteroatoms. The maximum absolute atomic E-state index is 14.1. The molecule has 0 aromatic heterocycles. The molecule has 0 saturated carbocycles. The SMILES string of the molecule is O=C([C@H]1c2ccccc2C(=O)N2CCc3ccccc3[C@H]12)N1CCN(c2ccc([N+](=O)[O-])cc2)CC1. The number of hydrogen-bond acceptors (Lipinski definition) is 5. The van der Waals surface area contributed by atoms with Gasteiger partial charge in [-0.15, -0.1) is 0 Å². The third-order valence-electron chi connectivity index (χ3n) is 7.72. The summed E-state index contributed by atoms with van der Waals surface area (Å²) in [6.45, 7) is 2.99. The maximum Gasteiger partial charge on any atom is 0.269 e. The van der Waals surface area contributed by atoms with Crippen molar-refractivity contribution in [1.29, 1.82) is 0 Å². The molecule has 8 nitrogen and oxygen atoms in total. The molecule has 3 aromatic rings. The van der Waals surface area contributed by atoms with Crippen LogP contribution in [0.4, 0.5) is 11.4 Å². The number of benzene rings is 3. The zero-order valence-corrected chi connectivity index (χ0v) is 19.7. The Labute approximate surface area is 208 Å². The minimum absolute atomic E-state index is 0.00264. The van der Waals surface area contributed by atoms with Gasteiger partial charge in [0.25, 0.3) is 11.6 Å². The van der Waals surface area contributed by atoms with Crippen molar-refractivity contribution in [2.45, 2.75) is 18.4 Å². The molecule has 3 heterocycles. The van der Waals surface area contributed by atoms with Crippen molar-refractivity contribution in [2.75, 3.05) is 37.6 Å². The monoisotopic (exact) mass is 482 g/mol. The van der Waals surface area contributed by atoms with Crippen molar-refractivity contribution in [3.8, 4) is 0 Å². The summed E-state index contributed by atoms with van der Waals surface area (Å²) in [5.41, 5.74) is 4.67. The number of amides is 2. The van der Waals surface area contributed by atoms with E-state index in [0.717, 1.165) is 23.2 Å². The normalized spacial score (nSPS) is 20.9. The summed E-state index contributed by atoms with van der Waals surface area (Å²) < 4.78 is 0. The van der Waals surface area contributed by atoms with Gasteiger partial charge in [0, 0.05) is 56.1 Å². The van der Waals surface area contributed by atoms with Crippen LogP contribution in [0, 0.1) is 10.1 Å². The zero-order valence-electron chi connectivity index (χ0n) is 19.7. The lowest BCUT2D eigenvalue weighted by Gasteiger charge is -2.47. The first-order valence-corrected chi connectivity index (χ1v) is 12.3. The number of nitro benzene ring substituents is 1. The van der Waals surface area contributed by atoms with Crippen LogP contribution in [0.3, 0.4) is 0 Å². The fraction of sp³-hybridized carbons (Fsp3) is 0.286. The fourth-order valence-corrected chi connectivity index (χ4v) is 5.91. The first kappa shape index (κ1) is 22.3. The Morgan fingerprint density at radius 2 is 1.50 bits per heavy atom. The number of piperazine rings is 1. The Morgan fingerprint density at radius 3 is 2.22 bits per heavy atom. The molecule has 182 valence electrons. The summed E-state index contributed by atoms with van der Waals surface area (Å²) in [5, 5.41) is 11.0. The number of carbonyl (C=O) groups is 2. The molecule has 3 aliphatic rings. The van der Waals surface area contributed by atoms with E-state index in [4.69, 9.17) is 0 Å². The molecule has 2 amide bonds. The number of nitrogens with zero attached hydrogens (tertiary/aromatic N) is 4. The van der Waals surface area contributed by atoms with Crippen molar-refractivity contribution < 1.29 is 14.5 Å². The molecule has 0 unspecified atom stereocenters. The molecular weight excluding hydrogens is 456 g/mol. The van der Waals surface area contributed by atoms with Crippen LogP contribution in [0.2, 0.25) is 0 Å². The maximum atomic E-state index is 14.1. The average molecular weight is 483 g/mol. The van der Waals surface area contributed by atoms with E-state index >= 15 is 0 Å². The highest BCUT2D eigenvalue weighted by atomic mass is 16.6. The third kappa shape index (κ3) is 3.61. The predicted octanol–water partition coefficient (Wildman–Crippen LogP) is 3.78. The van der Waals surface area contributed by atoms with Crippen molar-refractivity contribution in [3.05, 3.63) is 105 Å². The molecular formula is C28H26N4O4. The minimum atomic E-state index is -0.453. The number of anilines is 1. The summed E-state index contributed by atoms with van der Waals surface area (Å²) in [7, 11) is 0. The van der Waals surface area contributed by atoms with E-state index in [1.165, 1.54) is 17.7 Å². The van der Waals surface area contributed by atoms with Gasteiger partial charge in [0.2, 0.25) is 5.91 Å². The molecule has 3 aliphatic heterocycles. The van der Waals surface area contributed by atoms with Crippen molar-refractivity contribution >= 4 is 23.2 Å². The summed E-state index contributed by atoms with van der Waals surface area (Å²) in [6, 6.07) is 21.9. The number of fused-ring (bicyclic) bond motifs is 4. The molecule has 3 aromatic carbocycles. The third-order valence-corrected chi connectivity index (χ3v) is 7.72. The van der Waals surface area contributed by atoms with Gasteiger partial charge in [-0.3, -0.25) is 19.7 Å². The largest absolute Gasteiger partial charge is 0.368 e. The summed E-state index contributed by atoms with van der Waals surface area (Å²) in [4.78, 5) is 44.1. The summed E-state index contributed by atoms with van der Waals surface area (Å²) >= 11 is 0. The first-order valence-electron chi connectivity index (χ1n) is 12.3. The van der Waals surface area contributed by atoms with Gasteiger partial charge in [0.1, 0.15) is 0 Å². The van der Waals surface area contributed by atoms with E-state index in [1.54, 1.807) is 12.1 Å². The van der Waals surface area contributed by atoms with Gasteiger partial charge < -0.3 is 14.7 Å². The van der Waals surface area contributed by atoms with E-state index in [2.05, 4.69) is 17.0 Å². The Hall–Kier alpha value is -4.20. The van der Waals surface area contributed by atoms with E-state index in [-0.39, 0.29) is 23.5 Å². The second kappa shape index (κ2) is 8.78. The van der Waals surface area contributed by atoms with Crippen LogP contribution in [-0.4, -0.2) is 59.3 Å². The molecule has 36 heavy (non-hydrogen) atoms. The van der Waals surface area contributed by atoms with E-state index in [9.17, 15) is 19.7 Å². The number of nitro groups is 1. The van der Waals surface area contributed by atoms with Gasteiger partial charge >= 0.3 is 0 Å². The van der Waals surface area contributed by atoms with Crippen molar-refractivity contribution in [2.24, 2.45) is 0 Å². The van der Waals surface area contributed by atoms with Gasteiger partial charge in [-0.05, 0) is 41.3 Å². The minimum Gasteiger partial charge on any atom is -0.368 e. The number of rotatable bonds is 3. The van der Waals surface area contributed by atoms with Crippen molar-refractivity contribution in [1.82, 2.24) is 9.80 Å². The average Bonchev–Trinajstić information content (AvgIpc) is 2.93. The van der Waals surface area contributed by atoms with Crippen LogP contribution in [0.1, 0.15) is 39.0 Å². The quantitative estimate of drug-likeness (QED) is 0.419. The van der Waals surface area contributed by atoms with E-state index in [0.29, 0.717) is 38.3 Å². The van der Waals surface area contributed by atoms with Crippen LogP contribution in [0.25, 0.3) is 0 Å². The van der Waals surface area contributed by atoms with Gasteiger partial charge in [-0.25, -0.2) is 0 Å². The highest BCUT2D eigenvalue weighted by molar-refractivity contribution is 6.01. The lowest BCUT2D eigenvalue weighted by molar-refractivity contribution is -0.384. The van der Waals surface area contributed by atoms with Gasteiger partial charge in [0.05, 0.1) is 16.9 Å². The second-order valence-corrected chi connectivity index (χ2v) is 9.54. The van der Waals surface area contributed by atoms with Crippen LogP contribution in [0.15, 0.2) is 72.8 Å². The van der Waals surface area contributed by atoms with Gasteiger partial charge in [-0.2, -0.15) is 0 Å². The molecule has 2 atom stereocenters. The molecule has 0 bridgehead atoms. The standard InChI is InChI=1S/C28H26N4O4/c33-27-24-8-4-3-7-23(24)25(26-22-6-2-1-5-19(22)13-14-31(26)27)28(34)30-17-15-29(16-18-30)20-9-11-21(12-10-20)32(35)36/h1-12,25-26H,13-18H2/t25-,26+/m0/s1. The van der Waals surface area contributed by atoms with Crippen LogP contribution < -0.4 is 4.90 Å². The molecule has 6 rings (SSSR count). The lowest BCUT2D eigenvalue weighted by atomic mass is 9.75. The molecule has 0 spiro atoms. The Bertz CT molecular complexity index is 1350. The molecule has 1 fully saturated rings. The highest BCUT2D eigenvalue weighted by Crippen LogP contribution is 2.46. The highest BCUT2D eigenvalue weighted by Gasteiger charge is 2.47. The molecule has 0 N–H and O–H groups in total. The topological polar surface area (TPSA) is 87.0 Å². The van der Waals surface area contributed by atoms with Crippen molar-refractivity contribution in [3.63, 3.8) is 0 Å². The Balaban J connectivity index is 1.29. The Kier molecular flexibility index (Phi) is 5.44. The van der Waals surface area contributed by atoms with Crippen LogP contribution >= 0.6 is 0 Å². The smallest absolute Gasteiger partial charge is 0.269 e. The summed E-state index contributed by atoms with van der Waals surface area (Å²) in [6.07, 6.45) is 0.787. The number of carbonyl (C=O) groups excluding carboxylic acids is 2. The first-order chi connectivity index (χ1) is 17.5. The summed E-state index contributed by atoms with van der Waals surface area (Å²) in [5.74, 6) is -0.409. The zero-order chi connectivity index (χ0) is 24.8. The predicted molar refractivity (Wildman–Crippen MR) is 135 cm³/mol. The van der Waals surface area contributed by atoms with Gasteiger partial charge in [-0.1, -0.05) is 42.5 Å². The van der Waals surface area contributed by atoms with E-state index in [1.807, 2.05) is 46.2 Å². The lowest BCUT2D eigenvalue weighted by Crippen LogP contribution is -2.54. The number of non-ortho nitro benzene ring substituents is 1. The Morgan fingerprint density at radius 1 is 0.833 bits per heavy atom.